The number of para-hydroxylation sites is 1. The summed E-state index contributed by atoms with van der Waals surface area (Å²) in [5.74, 6) is 0.212. The molecule has 0 aliphatic carbocycles. The van der Waals surface area contributed by atoms with E-state index in [1.54, 1.807) is 30.0 Å². The molecule has 3 rings (SSSR count). The molecule has 2 aromatic rings. The van der Waals surface area contributed by atoms with Crippen molar-refractivity contribution in [3.05, 3.63) is 45.1 Å². The molecule has 0 spiro atoms. The average Bonchev–Trinajstić information content (AvgIpc) is 2.66. The number of rotatable bonds is 7. The van der Waals surface area contributed by atoms with Gasteiger partial charge in [0.05, 0.1) is 12.2 Å². The summed E-state index contributed by atoms with van der Waals surface area (Å²) in [5, 5.41) is 2.99. The van der Waals surface area contributed by atoms with E-state index in [2.05, 4.69) is 14.7 Å². The summed E-state index contributed by atoms with van der Waals surface area (Å²) in [6, 6.07) is 6.46. The lowest BCUT2D eigenvalue weighted by atomic mass is 10.3. The van der Waals surface area contributed by atoms with Gasteiger partial charge >= 0.3 is 5.69 Å². The molecule has 1 aromatic carbocycles. The zero-order chi connectivity index (χ0) is 21.2. The Bertz CT molecular complexity index is 1170. The number of nitrogens with zero attached hydrogens (tertiary/aromatic N) is 3. The number of nitrogens with two attached hydrogens (primary N) is 1. The molecule has 0 saturated heterocycles. The number of sulfonamides is 1. The summed E-state index contributed by atoms with van der Waals surface area (Å²) in [6.07, 6.45) is 1.58. The largest absolute Gasteiger partial charge is 0.383 e. The predicted molar refractivity (Wildman–Crippen MR) is 113 cm³/mol. The molecule has 1 aliphatic heterocycles. The van der Waals surface area contributed by atoms with E-state index >= 15 is 0 Å². The monoisotopic (exact) mass is 420 g/mol. The first-order chi connectivity index (χ1) is 13.8. The number of hydrogen-bond acceptors (Lipinski definition) is 7. The van der Waals surface area contributed by atoms with Crippen LogP contribution in [0.2, 0.25) is 0 Å². The summed E-state index contributed by atoms with van der Waals surface area (Å²) in [5.41, 5.74) is 5.51. The van der Waals surface area contributed by atoms with Crippen molar-refractivity contribution in [2.24, 2.45) is 4.40 Å². The second-order valence-electron chi connectivity index (χ2n) is 6.65. The van der Waals surface area contributed by atoms with Crippen molar-refractivity contribution in [2.75, 3.05) is 29.0 Å². The highest BCUT2D eigenvalue weighted by molar-refractivity contribution is 7.90. The van der Waals surface area contributed by atoms with Gasteiger partial charge in [-0.3, -0.25) is 14.3 Å². The smallest absolute Gasteiger partial charge is 0.330 e. The molecular formula is C18H24N6O4S. The third-order valence-electron chi connectivity index (χ3n) is 4.66. The molecule has 0 unspecified atom stereocenters. The number of unbranched alkanes of at least 4 members (excludes halogenated alkanes) is 1. The third-order valence-corrected chi connectivity index (χ3v) is 6.03. The highest BCUT2D eigenvalue weighted by Gasteiger charge is 2.26. The summed E-state index contributed by atoms with van der Waals surface area (Å²) in [7, 11) is -3.85. The molecule has 4 N–H and O–H groups in total. The summed E-state index contributed by atoms with van der Waals surface area (Å²) < 4.78 is 30.1. The number of likely N-dealkylation sites (N-methyl/N-ethyl adjacent to an activating group) is 1. The minimum Gasteiger partial charge on any atom is -0.383 e. The van der Waals surface area contributed by atoms with Crippen LogP contribution in [0, 0.1) is 0 Å². The quantitative estimate of drug-likeness (QED) is 0.605. The third kappa shape index (κ3) is 4.04. The number of hydrogen-bond donors (Lipinski definition) is 3. The second kappa shape index (κ2) is 8.11. The minimum atomic E-state index is -3.85. The summed E-state index contributed by atoms with van der Waals surface area (Å²) >= 11 is 0. The van der Waals surface area contributed by atoms with E-state index in [0.29, 0.717) is 18.8 Å². The fourth-order valence-corrected chi connectivity index (χ4v) is 4.33. The fourth-order valence-electron chi connectivity index (χ4n) is 3.19. The number of H-pyrrole nitrogens is 1. The van der Waals surface area contributed by atoms with E-state index in [1.165, 1.54) is 10.6 Å². The first kappa shape index (κ1) is 20.6. The van der Waals surface area contributed by atoms with Gasteiger partial charge in [-0.25, -0.2) is 4.79 Å². The van der Waals surface area contributed by atoms with Crippen LogP contribution in [0.3, 0.4) is 0 Å². The van der Waals surface area contributed by atoms with Crippen LogP contribution < -0.4 is 27.2 Å². The molecule has 1 aromatic heterocycles. The standard InChI is InChI=1S/C18H24N6O4S/c1-3-5-10-24-16(19)15(17(25)21-18(24)26)23(4-2)11-14-20-12-8-6-7-9-13(12)29(27,28)22-14/h6-9H,3-5,10-11,19H2,1-2H3,(H,20,22)(H,21,25,26). The normalized spacial score (nSPS) is 14.6. The number of anilines is 3. The first-order valence-corrected chi connectivity index (χ1v) is 10.8. The Morgan fingerprint density at radius 1 is 1.21 bits per heavy atom. The van der Waals surface area contributed by atoms with E-state index in [-0.39, 0.29) is 28.8 Å². The molecule has 0 saturated carbocycles. The predicted octanol–water partition coefficient (Wildman–Crippen LogP) is 0.958. The van der Waals surface area contributed by atoms with Gasteiger partial charge in [-0.05, 0) is 25.5 Å². The Hall–Kier alpha value is -3.08. The molecular weight excluding hydrogens is 396 g/mol. The van der Waals surface area contributed by atoms with Gasteiger partial charge in [0.25, 0.3) is 15.6 Å². The van der Waals surface area contributed by atoms with Crippen molar-refractivity contribution in [3.63, 3.8) is 0 Å². The molecule has 0 amide bonds. The molecule has 29 heavy (non-hydrogen) atoms. The van der Waals surface area contributed by atoms with Crippen LogP contribution in [0.5, 0.6) is 0 Å². The highest BCUT2D eigenvalue weighted by atomic mass is 32.2. The maximum Gasteiger partial charge on any atom is 0.330 e. The molecule has 11 heteroatoms. The van der Waals surface area contributed by atoms with Crippen molar-refractivity contribution < 1.29 is 8.42 Å². The van der Waals surface area contributed by atoms with Crippen LogP contribution >= 0.6 is 0 Å². The van der Waals surface area contributed by atoms with Gasteiger partial charge in [-0.15, -0.1) is 4.40 Å². The zero-order valence-electron chi connectivity index (χ0n) is 16.3. The van der Waals surface area contributed by atoms with Crippen LogP contribution in [0.25, 0.3) is 0 Å². The topological polar surface area (TPSA) is 143 Å². The van der Waals surface area contributed by atoms with Gasteiger partial charge < -0.3 is 16.0 Å². The van der Waals surface area contributed by atoms with Gasteiger partial charge in [0.15, 0.2) is 0 Å². The van der Waals surface area contributed by atoms with Crippen molar-refractivity contribution in [3.8, 4) is 0 Å². The number of nitrogens with one attached hydrogen (secondary N) is 2. The molecule has 0 fully saturated rings. The van der Waals surface area contributed by atoms with E-state index in [9.17, 15) is 18.0 Å². The van der Waals surface area contributed by atoms with Gasteiger partial charge in [0.1, 0.15) is 22.2 Å². The lowest BCUT2D eigenvalue weighted by Crippen LogP contribution is -2.42. The Morgan fingerprint density at radius 2 is 1.93 bits per heavy atom. The number of nitrogen functional groups attached to an aromatic ring is 1. The van der Waals surface area contributed by atoms with Gasteiger partial charge in [0.2, 0.25) is 0 Å². The number of aromatic amines is 1. The van der Waals surface area contributed by atoms with E-state index in [0.717, 1.165) is 12.8 Å². The van der Waals surface area contributed by atoms with E-state index in [1.807, 2.05) is 6.92 Å². The Kier molecular flexibility index (Phi) is 5.78. The Morgan fingerprint density at radius 3 is 2.62 bits per heavy atom. The van der Waals surface area contributed by atoms with Gasteiger partial charge in [0, 0.05) is 13.1 Å². The molecule has 0 radical (unpaired) electrons. The highest BCUT2D eigenvalue weighted by Crippen LogP contribution is 2.27. The van der Waals surface area contributed by atoms with Crippen LogP contribution in [0.1, 0.15) is 26.7 Å². The van der Waals surface area contributed by atoms with Crippen molar-refractivity contribution in [1.82, 2.24) is 9.55 Å². The molecule has 0 bridgehead atoms. The minimum absolute atomic E-state index is 0.00330. The SMILES string of the molecule is CCCCn1c(N)c(N(CC)CC2=NS(=O)(=O)c3ccccc3N2)c(=O)[nH]c1=O. The average molecular weight is 420 g/mol. The Labute approximate surface area is 168 Å². The van der Waals surface area contributed by atoms with Gasteiger partial charge in [-0.2, -0.15) is 8.42 Å². The number of amidine groups is 1. The molecule has 1 aliphatic rings. The first-order valence-electron chi connectivity index (χ1n) is 9.36. The molecule has 2 heterocycles. The lowest BCUT2D eigenvalue weighted by Gasteiger charge is -2.27. The van der Waals surface area contributed by atoms with Crippen molar-refractivity contribution in [2.45, 2.75) is 38.1 Å². The van der Waals surface area contributed by atoms with Crippen LogP contribution in [0.15, 0.2) is 43.1 Å². The zero-order valence-corrected chi connectivity index (χ0v) is 17.1. The second-order valence-corrected chi connectivity index (χ2v) is 8.22. The van der Waals surface area contributed by atoms with E-state index < -0.39 is 21.3 Å². The fraction of sp³-hybridized carbons (Fsp3) is 0.389. The summed E-state index contributed by atoms with van der Waals surface area (Å²) in [4.78, 5) is 28.6. The number of benzene rings is 1. The molecule has 10 nitrogen and oxygen atoms in total. The van der Waals surface area contributed by atoms with Gasteiger partial charge in [-0.1, -0.05) is 25.5 Å². The maximum atomic E-state index is 12.5. The molecule has 0 atom stereocenters. The van der Waals surface area contributed by atoms with Crippen molar-refractivity contribution in [1.29, 1.82) is 0 Å². The van der Waals surface area contributed by atoms with E-state index in [4.69, 9.17) is 5.73 Å². The van der Waals surface area contributed by atoms with Crippen molar-refractivity contribution >= 4 is 33.1 Å². The number of aromatic nitrogens is 2. The maximum absolute atomic E-state index is 12.5. The van der Waals surface area contributed by atoms with Crippen LogP contribution in [-0.4, -0.2) is 36.9 Å². The lowest BCUT2D eigenvalue weighted by molar-refractivity contribution is 0.597. The number of fused-ring (bicyclic) bond motifs is 1. The Balaban J connectivity index is 1.99. The van der Waals surface area contributed by atoms with Crippen LogP contribution in [0.4, 0.5) is 17.2 Å². The van der Waals surface area contributed by atoms with Crippen LogP contribution in [-0.2, 0) is 16.6 Å². The summed E-state index contributed by atoms with van der Waals surface area (Å²) in [6.45, 7) is 4.51. The molecule has 156 valence electrons.